The maximum atomic E-state index is 14.6. The third kappa shape index (κ3) is 4.97. The lowest BCUT2D eigenvalue weighted by Gasteiger charge is -2.49. The molecule has 51 heavy (non-hydrogen) atoms. The number of carbonyl (C=O) groups excluding carboxylic acids is 4. The number of fused-ring (bicyclic) bond motifs is 4. The van der Waals surface area contributed by atoms with Crippen LogP contribution in [0.1, 0.15) is 36.9 Å². The molecular weight excluding hydrogens is 693 g/mol. The van der Waals surface area contributed by atoms with Gasteiger partial charge in [-0.25, -0.2) is 9.88 Å². The fraction of sp³-hybridized carbons (Fsp3) is 0.361. The molecule has 15 heteroatoms. The summed E-state index contributed by atoms with van der Waals surface area (Å²) in [5, 5.41) is 12.3. The van der Waals surface area contributed by atoms with E-state index >= 15 is 0 Å². The number of hydrogen-bond donors (Lipinski definition) is 1. The van der Waals surface area contributed by atoms with E-state index in [4.69, 9.17) is 21.1 Å². The monoisotopic (exact) mass is 724 g/mol. The first kappa shape index (κ1) is 34.3. The number of para-hydroxylation sites is 1. The van der Waals surface area contributed by atoms with Crippen LogP contribution in [-0.2, 0) is 25.4 Å². The first-order valence-corrected chi connectivity index (χ1v) is 16.5. The molecule has 1 aromatic heterocycles. The predicted octanol–water partition coefficient (Wildman–Crippen LogP) is 5.76. The second-order valence-corrected chi connectivity index (χ2v) is 13.7. The van der Waals surface area contributed by atoms with Gasteiger partial charge < -0.3 is 14.6 Å². The minimum Gasteiger partial charge on any atom is -0.502 e. The topological polar surface area (TPSA) is 130 Å². The molecule has 7 rings (SSSR count). The minimum absolute atomic E-state index is 0.0411. The third-order valence-electron chi connectivity index (χ3n) is 10.8. The van der Waals surface area contributed by atoms with Gasteiger partial charge in [-0.05, 0) is 67.6 Å². The molecule has 0 spiro atoms. The highest BCUT2D eigenvalue weighted by atomic mass is 35.5. The molecule has 2 aromatic carbocycles. The van der Waals surface area contributed by atoms with Crippen LogP contribution in [0, 0.1) is 29.1 Å². The summed E-state index contributed by atoms with van der Waals surface area (Å²) in [7, 11) is 3.96. The molecule has 1 saturated carbocycles. The van der Waals surface area contributed by atoms with Crippen molar-refractivity contribution in [3.8, 4) is 17.2 Å². The summed E-state index contributed by atoms with van der Waals surface area (Å²) in [6.45, 7) is 1.71. The number of phenols is 1. The van der Waals surface area contributed by atoms with Crippen molar-refractivity contribution >= 4 is 46.7 Å². The van der Waals surface area contributed by atoms with Crippen molar-refractivity contribution in [2.24, 2.45) is 29.1 Å². The zero-order valence-corrected chi connectivity index (χ0v) is 28.5. The van der Waals surface area contributed by atoms with Crippen LogP contribution >= 0.6 is 11.6 Å². The molecule has 0 radical (unpaired) electrons. The highest BCUT2D eigenvalue weighted by Gasteiger charge is 2.68. The summed E-state index contributed by atoms with van der Waals surface area (Å²) >= 11 is 6.25. The molecule has 3 fully saturated rings. The van der Waals surface area contributed by atoms with Gasteiger partial charge in [0.2, 0.25) is 17.6 Å². The standard InChI is InChI=1S/C36H32ClF3N4O7/c1-35-22(32(47)43(34(35)49)18-8-6-5-7-9-18)16-21-19(28(35)17-14-24(50-3)29(45)25(15-17)51-4)10-11-20-27(21)33(48)44(31(20)46)42(2)30-23(37)12-13-26(41-30)36(38,39)40/h5-10,12-15,20-22,27-28,45H,11,16H2,1-4H3/t20-,21+,22-,27-,28-,35+/m0/s1. The van der Waals surface area contributed by atoms with Crippen LogP contribution in [0.5, 0.6) is 17.2 Å². The van der Waals surface area contributed by atoms with E-state index in [-0.39, 0.29) is 35.1 Å². The normalized spacial score (nSPS) is 27.2. The van der Waals surface area contributed by atoms with E-state index in [1.165, 1.54) is 21.3 Å². The minimum atomic E-state index is -4.81. The number of hydrazine groups is 1. The summed E-state index contributed by atoms with van der Waals surface area (Å²) in [6, 6.07) is 13.3. The highest BCUT2D eigenvalue weighted by molar-refractivity contribution is 6.33. The summed E-state index contributed by atoms with van der Waals surface area (Å²) in [4.78, 5) is 62.2. The number of aromatic nitrogens is 1. The zero-order valence-electron chi connectivity index (χ0n) is 27.8. The van der Waals surface area contributed by atoms with Gasteiger partial charge in [-0.2, -0.15) is 18.2 Å². The first-order valence-electron chi connectivity index (χ1n) is 16.1. The van der Waals surface area contributed by atoms with Gasteiger partial charge >= 0.3 is 6.18 Å². The molecule has 4 amide bonds. The number of imide groups is 2. The summed E-state index contributed by atoms with van der Waals surface area (Å²) < 4.78 is 51.7. The van der Waals surface area contributed by atoms with Crippen molar-refractivity contribution in [1.29, 1.82) is 0 Å². The number of amides is 4. The van der Waals surface area contributed by atoms with E-state index < -0.39 is 76.3 Å². The van der Waals surface area contributed by atoms with Crippen molar-refractivity contribution < 1.29 is 46.9 Å². The van der Waals surface area contributed by atoms with Gasteiger partial charge in [-0.3, -0.25) is 24.2 Å². The number of methoxy groups -OCH3 is 2. The van der Waals surface area contributed by atoms with Crippen molar-refractivity contribution in [1.82, 2.24) is 9.99 Å². The number of carbonyl (C=O) groups is 4. The Balaban J connectivity index is 1.35. The Hall–Kier alpha value is -5.11. The van der Waals surface area contributed by atoms with Gasteiger partial charge in [0.15, 0.2) is 17.3 Å². The lowest BCUT2D eigenvalue weighted by molar-refractivity contribution is -0.141. The van der Waals surface area contributed by atoms with Crippen LogP contribution in [0.15, 0.2) is 66.2 Å². The third-order valence-corrected chi connectivity index (χ3v) is 11.1. The molecule has 2 aliphatic heterocycles. The van der Waals surface area contributed by atoms with Crippen LogP contribution in [0.2, 0.25) is 5.02 Å². The van der Waals surface area contributed by atoms with Gasteiger partial charge in [-0.15, -0.1) is 0 Å². The van der Waals surface area contributed by atoms with Crippen LogP contribution in [0.4, 0.5) is 24.7 Å². The molecule has 0 unspecified atom stereocenters. The Morgan fingerprint density at radius 1 is 0.961 bits per heavy atom. The van der Waals surface area contributed by atoms with Gasteiger partial charge in [-0.1, -0.05) is 41.4 Å². The van der Waals surface area contributed by atoms with Gasteiger partial charge in [0.25, 0.3) is 11.8 Å². The van der Waals surface area contributed by atoms with Crippen molar-refractivity contribution in [2.45, 2.75) is 31.9 Å². The number of allylic oxidation sites excluding steroid dienone is 2. The molecule has 4 aliphatic rings. The summed E-state index contributed by atoms with van der Waals surface area (Å²) in [5.41, 5.74) is -1.14. The quantitative estimate of drug-likeness (QED) is 0.249. The Kier molecular flexibility index (Phi) is 8.08. The number of ether oxygens (including phenoxy) is 2. The molecule has 6 atom stereocenters. The Morgan fingerprint density at radius 3 is 2.22 bits per heavy atom. The lowest BCUT2D eigenvalue weighted by atomic mass is 9.51. The Labute approximate surface area is 295 Å². The Bertz CT molecular complexity index is 2000. The van der Waals surface area contributed by atoms with Crippen molar-refractivity contribution in [3.63, 3.8) is 0 Å². The lowest BCUT2D eigenvalue weighted by Crippen LogP contribution is -2.49. The Morgan fingerprint density at radius 2 is 1.61 bits per heavy atom. The molecular formula is C36H32ClF3N4O7. The van der Waals surface area contributed by atoms with Gasteiger partial charge in [0.05, 0.1) is 48.1 Å². The number of rotatable bonds is 6. The van der Waals surface area contributed by atoms with Crippen molar-refractivity contribution in [3.05, 3.63) is 82.5 Å². The number of pyridine rings is 1. The number of aromatic hydroxyl groups is 1. The van der Waals surface area contributed by atoms with Crippen LogP contribution in [0.3, 0.4) is 0 Å². The maximum Gasteiger partial charge on any atom is 0.433 e. The molecule has 2 saturated heterocycles. The summed E-state index contributed by atoms with van der Waals surface area (Å²) in [5.74, 6) is -7.33. The SMILES string of the molecule is COc1cc([C@H]2C3=CC[C@@H]4C(=O)N(N(C)c5nc(C(F)(F)F)ccc5Cl)C(=O)[C@@H]4[C@@H]3C[C@H]3C(=O)N(c4ccccc4)C(=O)[C@@]23C)cc(OC)c1O. The first-order chi connectivity index (χ1) is 24.1. The fourth-order valence-electron chi connectivity index (χ4n) is 8.49. The second kappa shape index (κ2) is 12.0. The predicted molar refractivity (Wildman–Crippen MR) is 177 cm³/mol. The molecule has 11 nitrogen and oxygen atoms in total. The number of benzene rings is 2. The number of phenolic OH excluding ortho intramolecular Hbond substituents is 1. The van der Waals surface area contributed by atoms with E-state index in [1.807, 2.05) is 6.08 Å². The average Bonchev–Trinajstić information content (AvgIpc) is 3.47. The molecule has 0 bridgehead atoms. The molecule has 2 aliphatic carbocycles. The second-order valence-electron chi connectivity index (χ2n) is 13.3. The van der Waals surface area contributed by atoms with Crippen molar-refractivity contribution in [2.75, 3.05) is 31.2 Å². The zero-order chi connectivity index (χ0) is 36.7. The van der Waals surface area contributed by atoms with E-state index in [1.54, 1.807) is 49.4 Å². The van der Waals surface area contributed by atoms with Crippen LogP contribution in [0.25, 0.3) is 0 Å². The summed E-state index contributed by atoms with van der Waals surface area (Å²) in [6.07, 6.45) is -2.88. The number of alkyl halides is 3. The number of nitrogens with zero attached hydrogens (tertiary/aromatic N) is 4. The highest BCUT2D eigenvalue weighted by Crippen LogP contribution is 2.64. The maximum absolute atomic E-state index is 14.6. The van der Waals surface area contributed by atoms with Crippen LogP contribution in [-0.4, -0.2) is 60.0 Å². The molecule has 266 valence electrons. The van der Waals surface area contributed by atoms with E-state index in [0.717, 1.165) is 21.0 Å². The van der Waals surface area contributed by atoms with E-state index in [0.29, 0.717) is 22.9 Å². The molecule has 3 heterocycles. The molecule has 1 N–H and O–H groups in total. The fourth-order valence-corrected chi connectivity index (χ4v) is 8.72. The number of halogens is 4. The largest absolute Gasteiger partial charge is 0.502 e. The number of anilines is 2. The van der Waals surface area contributed by atoms with Gasteiger partial charge in [0, 0.05) is 13.0 Å². The number of hydrogen-bond acceptors (Lipinski definition) is 9. The smallest absolute Gasteiger partial charge is 0.433 e. The molecule has 3 aromatic rings. The average molecular weight is 725 g/mol. The van der Waals surface area contributed by atoms with Gasteiger partial charge in [0.1, 0.15) is 5.69 Å². The van der Waals surface area contributed by atoms with Crippen LogP contribution < -0.4 is 19.4 Å². The van der Waals surface area contributed by atoms with E-state index in [9.17, 15) is 37.5 Å². The van der Waals surface area contributed by atoms with E-state index in [2.05, 4.69) is 4.98 Å².